The molecular formula is C31H44N7O10P. The van der Waals surface area contributed by atoms with Gasteiger partial charge in [0.2, 0.25) is 35.4 Å². The minimum atomic E-state index is -5.10. The number of hydrogen-bond acceptors (Lipinski definition) is 9. The second-order valence-electron chi connectivity index (χ2n) is 12.0. The van der Waals surface area contributed by atoms with Crippen LogP contribution < -0.4 is 33.2 Å². The van der Waals surface area contributed by atoms with E-state index >= 15 is 0 Å². The molecule has 49 heavy (non-hydrogen) atoms. The van der Waals surface area contributed by atoms with Crippen LogP contribution in [0.2, 0.25) is 0 Å². The van der Waals surface area contributed by atoms with E-state index in [1.807, 2.05) is 36.4 Å². The highest BCUT2D eigenvalue weighted by atomic mass is 31.2. The molecule has 0 spiro atoms. The Hall–Kier alpha value is -4.41. The van der Waals surface area contributed by atoms with Crippen molar-refractivity contribution >= 4 is 54.0 Å². The molecule has 1 heterocycles. The van der Waals surface area contributed by atoms with Gasteiger partial charge in [-0.2, -0.15) is 0 Å². The van der Waals surface area contributed by atoms with Gasteiger partial charge in [-0.3, -0.25) is 33.3 Å². The van der Waals surface area contributed by atoms with E-state index in [0.29, 0.717) is 18.4 Å². The van der Waals surface area contributed by atoms with Crippen LogP contribution in [-0.4, -0.2) is 93.0 Å². The highest BCUT2D eigenvalue weighted by molar-refractivity contribution is 7.46. The molecule has 11 N–H and O–H groups in total. The zero-order chi connectivity index (χ0) is 36.5. The number of primary amides is 2. The van der Waals surface area contributed by atoms with Crippen LogP contribution in [0.3, 0.4) is 0 Å². The van der Waals surface area contributed by atoms with Crippen LogP contribution in [0.4, 0.5) is 0 Å². The Balaban J connectivity index is 1.92. The summed E-state index contributed by atoms with van der Waals surface area (Å²) in [5, 5.41) is 9.35. The van der Waals surface area contributed by atoms with E-state index in [9.17, 15) is 43.1 Å². The van der Waals surface area contributed by atoms with Crippen molar-refractivity contribution in [3.05, 3.63) is 48.0 Å². The van der Waals surface area contributed by atoms with Crippen molar-refractivity contribution in [1.82, 2.24) is 20.9 Å². The number of piperidine rings is 1. The van der Waals surface area contributed by atoms with E-state index in [0.717, 1.165) is 15.7 Å². The number of amides is 6. The Labute approximate surface area is 282 Å². The number of benzene rings is 2. The van der Waals surface area contributed by atoms with Gasteiger partial charge in [0.05, 0.1) is 12.1 Å². The third-order valence-corrected chi connectivity index (χ3v) is 8.67. The van der Waals surface area contributed by atoms with Crippen LogP contribution in [0.1, 0.15) is 51.5 Å². The quantitative estimate of drug-likeness (QED) is 0.0962. The van der Waals surface area contributed by atoms with Gasteiger partial charge >= 0.3 is 7.82 Å². The fourth-order valence-corrected chi connectivity index (χ4v) is 6.07. The maximum absolute atomic E-state index is 13.9. The predicted octanol–water partition coefficient (Wildman–Crippen LogP) is -1.19. The lowest BCUT2D eigenvalue weighted by molar-refractivity contribution is -0.147. The topological polar surface area (TPSA) is 287 Å². The zero-order valence-electron chi connectivity index (χ0n) is 27.2. The van der Waals surface area contributed by atoms with Crippen LogP contribution in [0.15, 0.2) is 42.5 Å². The fraction of sp³-hybridized carbons (Fsp3) is 0.484. The Morgan fingerprint density at radius 2 is 1.61 bits per heavy atom. The van der Waals surface area contributed by atoms with E-state index < -0.39 is 79.6 Å². The summed E-state index contributed by atoms with van der Waals surface area (Å²) >= 11 is 0. The molecule has 1 aliphatic heterocycles. The maximum Gasteiger partial charge on any atom is 0.469 e. The highest BCUT2D eigenvalue weighted by Gasteiger charge is 2.41. The number of carbonyl (C=O) groups is 6. The van der Waals surface area contributed by atoms with Gasteiger partial charge in [0.25, 0.3) is 0 Å². The first-order chi connectivity index (χ1) is 23.0. The Morgan fingerprint density at radius 1 is 0.939 bits per heavy atom. The summed E-state index contributed by atoms with van der Waals surface area (Å²) in [6, 6.07) is 6.54. The minimum absolute atomic E-state index is 0.0371. The van der Waals surface area contributed by atoms with Gasteiger partial charge in [-0.25, -0.2) is 4.57 Å². The molecular weight excluding hydrogens is 661 g/mol. The van der Waals surface area contributed by atoms with Crippen molar-refractivity contribution in [2.24, 2.45) is 17.2 Å². The lowest BCUT2D eigenvalue weighted by Gasteiger charge is -2.38. The normalized spacial score (nSPS) is 18.0. The molecule has 0 unspecified atom stereocenters. The summed E-state index contributed by atoms with van der Waals surface area (Å²) in [6.45, 7) is 2.57. The molecule has 268 valence electrons. The summed E-state index contributed by atoms with van der Waals surface area (Å²) in [5.74, 6) is -4.80. The molecule has 0 aliphatic carbocycles. The van der Waals surface area contributed by atoms with Gasteiger partial charge < -0.3 is 47.8 Å². The molecule has 3 rings (SSSR count). The molecule has 1 saturated heterocycles. The standard InChI is InChI=1S/C31H44N7O10P/c1-17(32)28(41)37-26(18(2)48-49(45,46)47)31(44)38-14-6-5-9-24(38)30(43)36-23(29(42)35-22(27(34)40)12-13-25(33)39)16-19-10-11-20-7-3-4-8-21(20)15-19/h3-4,7-8,10-11,15,17-18,22-24,26H,5-6,9,12-14,16,32H2,1-2H3,(H2,33,39)(H2,34,40)(H,35,42)(H,36,43)(H,37,41)(H2,45,46,47)/t17-,18-,22-,23-,24-,26+/m0/s1. The maximum atomic E-state index is 13.9. The second-order valence-corrected chi connectivity index (χ2v) is 13.2. The first-order valence-electron chi connectivity index (χ1n) is 15.7. The summed E-state index contributed by atoms with van der Waals surface area (Å²) < 4.78 is 16.3. The molecule has 0 aromatic heterocycles. The predicted molar refractivity (Wildman–Crippen MR) is 177 cm³/mol. The third-order valence-electron chi connectivity index (χ3n) is 8.06. The largest absolute Gasteiger partial charge is 0.469 e. The number of nitrogens with two attached hydrogens (primary N) is 3. The van der Waals surface area contributed by atoms with Crippen LogP contribution in [0.5, 0.6) is 0 Å². The van der Waals surface area contributed by atoms with Crippen molar-refractivity contribution < 1.29 is 47.6 Å². The molecule has 2 aromatic rings. The van der Waals surface area contributed by atoms with Gasteiger partial charge in [-0.05, 0) is 55.9 Å². The Morgan fingerprint density at radius 3 is 2.22 bits per heavy atom. The van der Waals surface area contributed by atoms with Crippen LogP contribution in [0.25, 0.3) is 10.8 Å². The van der Waals surface area contributed by atoms with E-state index in [1.165, 1.54) is 13.8 Å². The SMILES string of the molecule is C[C@H](N)C(=O)N[C@@H](C(=O)N1CCCC[C@H]1C(=O)N[C@@H](Cc1ccc2ccccc2c1)C(=O)N[C@@H](CCC(N)=O)C(N)=O)[C@H](C)OP(=O)(O)O. The van der Waals surface area contributed by atoms with E-state index in [1.54, 1.807) is 6.07 Å². The fourth-order valence-electron chi connectivity index (χ4n) is 5.51. The summed E-state index contributed by atoms with van der Waals surface area (Å²) in [6.07, 6.45) is -0.819. The molecule has 0 saturated carbocycles. The minimum Gasteiger partial charge on any atom is -0.370 e. The number of nitrogens with one attached hydrogen (secondary N) is 3. The first-order valence-corrected chi connectivity index (χ1v) is 17.3. The molecule has 6 amide bonds. The Bertz CT molecular complexity index is 1600. The smallest absolute Gasteiger partial charge is 0.370 e. The number of carbonyl (C=O) groups excluding carboxylic acids is 6. The molecule has 17 nitrogen and oxygen atoms in total. The molecule has 1 aliphatic rings. The number of nitrogens with zero attached hydrogens (tertiary/aromatic N) is 1. The second kappa shape index (κ2) is 17.3. The van der Waals surface area contributed by atoms with Crippen molar-refractivity contribution in [3.63, 3.8) is 0 Å². The number of hydrogen-bond donors (Lipinski definition) is 8. The lowest BCUT2D eigenvalue weighted by atomic mass is 9.97. The molecule has 0 radical (unpaired) electrons. The summed E-state index contributed by atoms with van der Waals surface area (Å²) in [7, 11) is -5.10. The highest BCUT2D eigenvalue weighted by Crippen LogP contribution is 2.38. The third kappa shape index (κ3) is 11.6. The number of phosphoric acid groups is 1. The number of rotatable bonds is 16. The average Bonchev–Trinajstić information content (AvgIpc) is 3.03. The van der Waals surface area contributed by atoms with Gasteiger partial charge in [0.15, 0.2) is 0 Å². The first kappa shape index (κ1) is 39.0. The summed E-state index contributed by atoms with van der Waals surface area (Å²) in [4.78, 5) is 97.3. The lowest BCUT2D eigenvalue weighted by Crippen LogP contribution is -2.62. The van der Waals surface area contributed by atoms with E-state index in [2.05, 4.69) is 16.0 Å². The van der Waals surface area contributed by atoms with Gasteiger partial charge in [-0.15, -0.1) is 0 Å². The summed E-state index contributed by atoms with van der Waals surface area (Å²) in [5.41, 5.74) is 17.0. The van der Waals surface area contributed by atoms with Crippen molar-refractivity contribution in [2.75, 3.05) is 6.54 Å². The van der Waals surface area contributed by atoms with Gasteiger partial charge in [0.1, 0.15) is 24.2 Å². The number of phosphoric ester groups is 1. The average molecular weight is 706 g/mol. The van der Waals surface area contributed by atoms with Crippen LogP contribution >= 0.6 is 7.82 Å². The van der Waals surface area contributed by atoms with Crippen molar-refractivity contribution in [2.45, 2.75) is 88.7 Å². The van der Waals surface area contributed by atoms with E-state index in [4.69, 9.17) is 21.7 Å². The van der Waals surface area contributed by atoms with Crippen molar-refractivity contribution in [1.29, 1.82) is 0 Å². The molecule has 18 heteroatoms. The van der Waals surface area contributed by atoms with E-state index in [-0.39, 0.29) is 32.2 Å². The monoisotopic (exact) mass is 705 g/mol. The van der Waals surface area contributed by atoms with Crippen LogP contribution in [0, 0.1) is 0 Å². The van der Waals surface area contributed by atoms with Gasteiger partial charge in [0, 0.05) is 19.4 Å². The molecule has 1 fully saturated rings. The number of likely N-dealkylation sites (tertiary alicyclic amines) is 1. The Kier molecular flexibility index (Phi) is 13.8. The number of fused-ring (bicyclic) bond motifs is 1. The molecule has 0 bridgehead atoms. The van der Waals surface area contributed by atoms with Crippen LogP contribution in [-0.2, 0) is 44.3 Å². The molecule has 6 atom stereocenters. The van der Waals surface area contributed by atoms with Gasteiger partial charge in [-0.1, -0.05) is 42.5 Å². The zero-order valence-corrected chi connectivity index (χ0v) is 28.1. The van der Waals surface area contributed by atoms with Crippen molar-refractivity contribution in [3.8, 4) is 0 Å². The molecule has 2 aromatic carbocycles.